The third-order valence-corrected chi connectivity index (χ3v) is 3.99. The highest BCUT2D eigenvalue weighted by atomic mass is 16.5. The number of hydrogen-bond acceptors (Lipinski definition) is 3. The fraction of sp³-hybridized carbons (Fsp3) is 0.562. The predicted octanol–water partition coefficient (Wildman–Crippen LogP) is 3.41. The minimum atomic E-state index is -0.729. The van der Waals surface area contributed by atoms with Gasteiger partial charge in [0, 0.05) is 25.8 Å². The van der Waals surface area contributed by atoms with Crippen LogP contribution in [0.15, 0.2) is 24.3 Å². The summed E-state index contributed by atoms with van der Waals surface area (Å²) in [6.07, 6.45) is 1.78. The first-order valence-corrected chi connectivity index (χ1v) is 7.08. The summed E-state index contributed by atoms with van der Waals surface area (Å²) in [5.41, 5.74) is 0.400. The zero-order valence-electron chi connectivity index (χ0n) is 12.8. The molecule has 20 heavy (non-hydrogen) atoms. The van der Waals surface area contributed by atoms with Crippen LogP contribution in [0.5, 0.6) is 5.75 Å². The zero-order valence-corrected chi connectivity index (χ0v) is 12.8. The van der Waals surface area contributed by atoms with Gasteiger partial charge in [0.1, 0.15) is 5.75 Å². The van der Waals surface area contributed by atoms with Gasteiger partial charge in [-0.2, -0.15) is 0 Å². The average molecular weight is 279 g/mol. The Morgan fingerprint density at radius 1 is 1.30 bits per heavy atom. The number of carboxylic acid groups (broad SMARTS) is 1. The van der Waals surface area contributed by atoms with Gasteiger partial charge in [-0.15, -0.1) is 0 Å². The van der Waals surface area contributed by atoms with Gasteiger partial charge in [-0.05, 0) is 31.4 Å². The molecule has 0 bridgehead atoms. The zero-order chi connectivity index (χ0) is 15.2. The Hall–Kier alpha value is -1.71. The molecule has 0 radical (unpaired) electrons. The molecule has 4 nitrogen and oxygen atoms in total. The van der Waals surface area contributed by atoms with E-state index in [1.54, 1.807) is 0 Å². The summed E-state index contributed by atoms with van der Waals surface area (Å²) in [6.45, 7) is 4.26. The van der Waals surface area contributed by atoms with Gasteiger partial charge < -0.3 is 14.7 Å². The van der Waals surface area contributed by atoms with Crippen LogP contribution in [-0.4, -0.2) is 31.8 Å². The summed E-state index contributed by atoms with van der Waals surface area (Å²) in [6, 6.07) is 7.80. The molecule has 1 aromatic carbocycles. The second-order valence-corrected chi connectivity index (χ2v) is 5.28. The maximum atomic E-state index is 11.4. The van der Waals surface area contributed by atoms with Crippen LogP contribution in [0.3, 0.4) is 0 Å². The van der Waals surface area contributed by atoms with E-state index in [1.807, 2.05) is 57.1 Å². The molecule has 0 atom stereocenters. The van der Waals surface area contributed by atoms with Crippen molar-refractivity contribution in [2.75, 3.05) is 25.6 Å². The van der Waals surface area contributed by atoms with Crippen LogP contribution in [0.2, 0.25) is 0 Å². The lowest BCUT2D eigenvalue weighted by Crippen LogP contribution is -2.31. The van der Waals surface area contributed by atoms with Crippen molar-refractivity contribution in [3.8, 4) is 5.75 Å². The standard InChI is InChI=1S/C16H25NO3/c1-5-16(6-2,15(18)19)10-11-20-14-9-7-8-13(12-14)17(3)4/h7-9,12H,5-6,10-11H2,1-4H3,(H,18,19). The van der Waals surface area contributed by atoms with Crippen LogP contribution < -0.4 is 9.64 Å². The molecule has 0 aliphatic carbocycles. The lowest BCUT2D eigenvalue weighted by Gasteiger charge is -2.26. The predicted molar refractivity (Wildman–Crippen MR) is 81.5 cm³/mol. The number of anilines is 1. The van der Waals surface area contributed by atoms with E-state index in [0.717, 1.165) is 11.4 Å². The van der Waals surface area contributed by atoms with E-state index in [-0.39, 0.29) is 0 Å². The minimum Gasteiger partial charge on any atom is -0.493 e. The van der Waals surface area contributed by atoms with Gasteiger partial charge in [-0.1, -0.05) is 19.9 Å². The topological polar surface area (TPSA) is 49.8 Å². The van der Waals surface area contributed by atoms with Crippen LogP contribution in [0.1, 0.15) is 33.1 Å². The van der Waals surface area contributed by atoms with Crippen molar-refractivity contribution in [2.45, 2.75) is 33.1 Å². The molecule has 0 spiro atoms. The van der Waals surface area contributed by atoms with Crippen molar-refractivity contribution in [1.82, 2.24) is 0 Å². The molecule has 1 N–H and O–H groups in total. The lowest BCUT2D eigenvalue weighted by atomic mass is 9.79. The third-order valence-electron chi connectivity index (χ3n) is 3.99. The molecule has 0 fully saturated rings. The first-order valence-electron chi connectivity index (χ1n) is 7.08. The van der Waals surface area contributed by atoms with Crippen LogP contribution in [-0.2, 0) is 4.79 Å². The van der Waals surface area contributed by atoms with Crippen molar-refractivity contribution in [1.29, 1.82) is 0 Å². The molecule has 0 aromatic heterocycles. The normalized spacial score (nSPS) is 11.2. The molecule has 112 valence electrons. The van der Waals surface area contributed by atoms with Gasteiger partial charge in [0.25, 0.3) is 0 Å². The molecule has 0 saturated heterocycles. The van der Waals surface area contributed by atoms with Gasteiger partial charge in [0.05, 0.1) is 12.0 Å². The first-order chi connectivity index (χ1) is 9.45. The van der Waals surface area contributed by atoms with Gasteiger partial charge in [-0.3, -0.25) is 4.79 Å². The second-order valence-electron chi connectivity index (χ2n) is 5.28. The molecule has 0 amide bonds. The van der Waals surface area contributed by atoms with Crippen molar-refractivity contribution in [2.24, 2.45) is 5.41 Å². The van der Waals surface area contributed by atoms with Crippen LogP contribution in [0.25, 0.3) is 0 Å². The van der Waals surface area contributed by atoms with E-state index in [2.05, 4.69) is 0 Å². The average Bonchev–Trinajstić information content (AvgIpc) is 2.44. The van der Waals surface area contributed by atoms with E-state index in [9.17, 15) is 9.90 Å². The molecule has 0 saturated carbocycles. The second kappa shape index (κ2) is 7.17. The Bertz CT molecular complexity index is 439. The van der Waals surface area contributed by atoms with E-state index in [0.29, 0.717) is 25.9 Å². The number of ether oxygens (including phenoxy) is 1. The maximum Gasteiger partial charge on any atom is 0.309 e. The number of benzene rings is 1. The molecular weight excluding hydrogens is 254 g/mol. The number of aliphatic carboxylic acids is 1. The Labute approximate surface area is 121 Å². The Morgan fingerprint density at radius 3 is 2.45 bits per heavy atom. The largest absolute Gasteiger partial charge is 0.493 e. The van der Waals surface area contributed by atoms with Gasteiger partial charge in [0.2, 0.25) is 0 Å². The molecule has 1 rings (SSSR count). The molecule has 0 heterocycles. The van der Waals surface area contributed by atoms with E-state index >= 15 is 0 Å². The van der Waals surface area contributed by atoms with Crippen molar-refractivity contribution in [3.63, 3.8) is 0 Å². The van der Waals surface area contributed by atoms with Crippen LogP contribution in [0.4, 0.5) is 5.69 Å². The molecule has 1 aromatic rings. The molecule has 4 heteroatoms. The van der Waals surface area contributed by atoms with E-state index < -0.39 is 11.4 Å². The Morgan fingerprint density at radius 2 is 1.95 bits per heavy atom. The highest BCUT2D eigenvalue weighted by Gasteiger charge is 2.34. The monoisotopic (exact) mass is 279 g/mol. The number of carbonyl (C=O) groups is 1. The van der Waals surface area contributed by atoms with Crippen molar-refractivity contribution in [3.05, 3.63) is 24.3 Å². The quantitative estimate of drug-likeness (QED) is 0.792. The molecular formula is C16H25NO3. The van der Waals surface area contributed by atoms with E-state index in [4.69, 9.17) is 4.74 Å². The van der Waals surface area contributed by atoms with E-state index in [1.165, 1.54) is 0 Å². The number of carboxylic acids is 1. The van der Waals surface area contributed by atoms with Crippen LogP contribution >= 0.6 is 0 Å². The van der Waals surface area contributed by atoms with Crippen LogP contribution in [0, 0.1) is 5.41 Å². The van der Waals surface area contributed by atoms with Gasteiger partial charge in [-0.25, -0.2) is 0 Å². The van der Waals surface area contributed by atoms with Gasteiger partial charge >= 0.3 is 5.97 Å². The number of hydrogen-bond donors (Lipinski definition) is 1. The highest BCUT2D eigenvalue weighted by molar-refractivity contribution is 5.74. The fourth-order valence-corrected chi connectivity index (χ4v) is 2.23. The fourth-order valence-electron chi connectivity index (χ4n) is 2.23. The number of nitrogens with zero attached hydrogens (tertiary/aromatic N) is 1. The molecule has 0 aliphatic heterocycles. The molecule has 0 unspecified atom stereocenters. The summed E-state index contributed by atoms with van der Waals surface area (Å²) in [5.74, 6) is 0.0517. The molecule has 0 aliphatic rings. The Balaban J connectivity index is 2.63. The van der Waals surface area contributed by atoms with Gasteiger partial charge in [0.15, 0.2) is 0 Å². The maximum absolute atomic E-state index is 11.4. The summed E-state index contributed by atoms with van der Waals surface area (Å²) in [4.78, 5) is 13.4. The number of rotatable bonds is 8. The van der Waals surface area contributed by atoms with Crippen molar-refractivity contribution < 1.29 is 14.6 Å². The van der Waals surface area contributed by atoms with Crippen molar-refractivity contribution >= 4 is 11.7 Å². The highest BCUT2D eigenvalue weighted by Crippen LogP contribution is 2.31. The summed E-state index contributed by atoms with van der Waals surface area (Å²) < 4.78 is 5.72. The SMILES string of the molecule is CCC(CC)(CCOc1cccc(N(C)C)c1)C(=O)O. The summed E-state index contributed by atoms with van der Waals surface area (Å²) in [5, 5.41) is 9.38. The Kier molecular flexibility index (Phi) is 5.86. The third kappa shape index (κ3) is 3.89. The minimum absolute atomic E-state index is 0.421. The smallest absolute Gasteiger partial charge is 0.309 e. The summed E-state index contributed by atoms with van der Waals surface area (Å²) >= 11 is 0. The first kappa shape index (κ1) is 16.3. The lowest BCUT2D eigenvalue weighted by molar-refractivity contribution is -0.150. The summed E-state index contributed by atoms with van der Waals surface area (Å²) in [7, 11) is 3.95.